The largest absolute Gasteiger partial charge is 0.326 e. The fraction of sp³-hybridized carbons (Fsp3) is 0.389. The maximum Gasteiger partial charge on any atom is 0.0605 e. The predicted molar refractivity (Wildman–Crippen MR) is 89.0 cm³/mol. The summed E-state index contributed by atoms with van der Waals surface area (Å²) >= 11 is 0. The van der Waals surface area contributed by atoms with Gasteiger partial charge in [-0.2, -0.15) is 0 Å². The Balaban J connectivity index is 1.73. The summed E-state index contributed by atoms with van der Waals surface area (Å²) in [5, 5.41) is 3.66. The zero-order chi connectivity index (χ0) is 15.4. The molecule has 1 atom stereocenters. The van der Waals surface area contributed by atoms with Gasteiger partial charge in [0.2, 0.25) is 0 Å². The molecule has 1 heterocycles. The van der Waals surface area contributed by atoms with E-state index in [2.05, 4.69) is 34.6 Å². The van der Waals surface area contributed by atoms with Crippen molar-refractivity contribution < 1.29 is 0 Å². The van der Waals surface area contributed by atoms with Gasteiger partial charge >= 0.3 is 0 Å². The number of fused-ring (bicyclic) bond motifs is 1. The number of hydrogen-bond donors (Lipinski definition) is 3. The lowest BCUT2D eigenvalue weighted by molar-refractivity contribution is 0.447. The first-order valence-electron chi connectivity index (χ1n) is 8.00. The maximum absolute atomic E-state index is 5.88. The molecule has 3 rings (SSSR count). The molecule has 1 aromatic heterocycles. The van der Waals surface area contributed by atoms with Crippen molar-refractivity contribution in [2.45, 2.75) is 44.9 Å². The van der Waals surface area contributed by atoms with Crippen molar-refractivity contribution in [1.82, 2.24) is 10.3 Å². The van der Waals surface area contributed by atoms with E-state index in [1.165, 1.54) is 28.8 Å². The Hall–Kier alpha value is -1.75. The summed E-state index contributed by atoms with van der Waals surface area (Å²) in [6.45, 7) is 1.92. The van der Waals surface area contributed by atoms with Crippen molar-refractivity contribution in [3.05, 3.63) is 64.5 Å². The highest BCUT2D eigenvalue weighted by Crippen LogP contribution is 2.28. The van der Waals surface area contributed by atoms with Crippen molar-refractivity contribution in [3.63, 3.8) is 0 Å². The van der Waals surface area contributed by atoms with E-state index >= 15 is 0 Å². The number of aryl methyl sites for hydroxylation is 1. The Morgan fingerprint density at radius 3 is 2.86 bits per heavy atom. The first kappa shape index (κ1) is 15.2. The summed E-state index contributed by atoms with van der Waals surface area (Å²) in [5.74, 6) is 0. The fourth-order valence-corrected chi connectivity index (χ4v) is 3.21. The van der Waals surface area contributed by atoms with Crippen LogP contribution in [0.25, 0.3) is 0 Å². The summed E-state index contributed by atoms with van der Waals surface area (Å²) in [6.07, 6.45) is 5.38. The highest BCUT2D eigenvalue weighted by molar-refractivity contribution is 5.32. The first-order chi connectivity index (χ1) is 10.8. The van der Waals surface area contributed by atoms with Crippen LogP contribution >= 0.6 is 0 Å². The summed E-state index contributed by atoms with van der Waals surface area (Å²) in [4.78, 5) is 4.58. The minimum absolute atomic E-state index is 0.338. The zero-order valence-electron chi connectivity index (χ0n) is 12.9. The Kier molecular flexibility index (Phi) is 4.83. The second-order valence-electron chi connectivity index (χ2n) is 5.88. The standard InChI is InChI=1S/C18H24N4/c19-10-13-6-7-15(16(9-13)11-20)12-22-17-5-1-3-14-4-2-8-21-18(14)17/h2,4,6-9,17,22H,1,3,5,10-12,19-20H2. The highest BCUT2D eigenvalue weighted by atomic mass is 14.9. The van der Waals surface area contributed by atoms with Crippen LogP contribution in [0.3, 0.4) is 0 Å². The molecule has 0 saturated carbocycles. The van der Waals surface area contributed by atoms with Gasteiger partial charge in [0.25, 0.3) is 0 Å². The van der Waals surface area contributed by atoms with E-state index in [0.717, 1.165) is 24.9 Å². The zero-order valence-corrected chi connectivity index (χ0v) is 12.9. The van der Waals surface area contributed by atoms with Gasteiger partial charge in [0.05, 0.1) is 11.7 Å². The Morgan fingerprint density at radius 1 is 1.14 bits per heavy atom. The van der Waals surface area contributed by atoms with Crippen LogP contribution < -0.4 is 16.8 Å². The third-order valence-electron chi connectivity index (χ3n) is 4.46. The van der Waals surface area contributed by atoms with Crippen LogP contribution in [0.2, 0.25) is 0 Å². The van der Waals surface area contributed by atoms with Crippen molar-refractivity contribution in [3.8, 4) is 0 Å². The van der Waals surface area contributed by atoms with Crippen LogP contribution in [0, 0.1) is 0 Å². The van der Waals surface area contributed by atoms with Crippen LogP contribution in [0.5, 0.6) is 0 Å². The van der Waals surface area contributed by atoms with E-state index in [1.54, 1.807) is 0 Å². The number of rotatable bonds is 5. The van der Waals surface area contributed by atoms with Gasteiger partial charge in [-0.15, -0.1) is 0 Å². The molecular formula is C18H24N4. The van der Waals surface area contributed by atoms with Crippen LogP contribution in [0.4, 0.5) is 0 Å². The minimum Gasteiger partial charge on any atom is -0.326 e. The van der Waals surface area contributed by atoms with Crippen molar-refractivity contribution in [2.24, 2.45) is 11.5 Å². The van der Waals surface area contributed by atoms with Gasteiger partial charge in [0.1, 0.15) is 0 Å². The number of benzene rings is 1. The Labute approximate surface area is 131 Å². The lowest BCUT2D eigenvalue weighted by atomic mass is 9.91. The van der Waals surface area contributed by atoms with Gasteiger partial charge in [-0.3, -0.25) is 4.98 Å². The van der Waals surface area contributed by atoms with E-state index in [4.69, 9.17) is 11.5 Å². The number of nitrogens with two attached hydrogens (primary N) is 2. The molecule has 4 nitrogen and oxygen atoms in total. The average molecular weight is 296 g/mol. The Morgan fingerprint density at radius 2 is 2.05 bits per heavy atom. The van der Waals surface area contributed by atoms with Gasteiger partial charge in [-0.25, -0.2) is 0 Å². The van der Waals surface area contributed by atoms with Gasteiger partial charge in [-0.1, -0.05) is 24.3 Å². The molecular weight excluding hydrogens is 272 g/mol. The molecule has 4 heteroatoms. The van der Waals surface area contributed by atoms with Crippen LogP contribution in [0.15, 0.2) is 36.5 Å². The molecule has 1 unspecified atom stereocenters. The van der Waals surface area contributed by atoms with Gasteiger partial charge < -0.3 is 16.8 Å². The second-order valence-corrected chi connectivity index (χ2v) is 5.88. The number of nitrogens with zero attached hydrogens (tertiary/aromatic N) is 1. The molecule has 0 bridgehead atoms. The molecule has 1 aliphatic carbocycles. The monoisotopic (exact) mass is 296 g/mol. The van der Waals surface area contributed by atoms with Crippen LogP contribution in [-0.4, -0.2) is 4.98 Å². The number of hydrogen-bond acceptors (Lipinski definition) is 4. The molecule has 5 N–H and O–H groups in total. The predicted octanol–water partition coefficient (Wildman–Crippen LogP) is 2.17. The van der Waals surface area contributed by atoms with E-state index < -0.39 is 0 Å². The molecule has 1 aliphatic rings. The molecule has 0 radical (unpaired) electrons. The van der Waals surface area contributed by atoms with Crippen LogP contribution in [0.1, 0.15) is 46.8 Å². The van der Waals surface area contributed by atoms with Gasteiger partial charge in [0.15, 0.2) is 0 Å². The minimum atomic E-state index is 0.338. The van der Waals surface area contributed by atoms with Crippen LogP contribution in [-0.2, 0) is 26.1 Å². The van der Waals surface area contributed by atoms with Gasteiger partial charge in [-0.05, 0) is 47.6 Å². The van der Waals surface area contributed by atoms with E-state index in [9.17, 15) is 0 Å². The van der Waals surface area contributed by atoms with Crippen molar-refractivity contribution in [2.75, 3.05) is 0 Å². The maximum atomic E-state index is 5.88. The smallest absolute Gasteiger partial charge is 0.0605 e. The third-order valence-corrected chi connectivity index (χ3v) is 4.46. The molecule has 0 saturated heterocycles. The normalized spacial score (nSPS) is 17.3. The van der Waals surface area contributed by atoms with E-state index in [1.807, 2.05) is 12.3 Å². The highest BCUT2D eigenvalue weighted by Gasteiger charge is 2.20. The quantitative estimate of drug-likeness (QED) is 0.790. The number of aromatic nitrogens is 1. The SMILES string of the molecule is NCc1ccc(CNC2CCCc3cccnc32)c(CN)c1. The van der Waals surface area contributed by atoms with Crippen molar-refractivity contribution >= 4 is 0 Å². The van der Waals surface area contributed by atoms with Crippen molar-refractivity contribution in [1.29, 1.82) is 0 Å². The summed E-state index contributed by atoms with van der Waals surface area (Å²) in [7, 11) is 0. The third kappa shape index (κ3) is 3.19. The second kappa shape index (κ2) is 7.01. The molecule has 22 heavy (non-hydrogen) atoms. The number of nitrogens with one attached hydrogen (secondary N) is 1. The fourth-order valence-electron chi connectivity index (χ4n) is 3.21. The molecule has 0 aliphatic heterocycles. The molecule has 0 amide bonds. The Bertz CT molecular complexity index is 639. The number of pyridine rings is 1. The molecule has 0 fully saturated rings. The molecule has 116 valence electrons. The lowest BCUT2D eigenvalue weighted by Crippen LogP contribution is -2.26. The summed E-state index contributed by atoms with van der Waals surface area (Å²) in [5.41, 5.74) is 17.7. The molecule has 0 spiro atoms. The average Bonchev–Trinajstić information content (AvgIpc) is 2.59. The van der Waals surface area contributed by atoms with E-state index in [-0.39, 0.29) is 0 Å². The van der Waals surface area contributed by atoms with Gasteiger partial charge in [0, 0.05) is 25.8 Å². The van der Waals surface area contributed by atoms with E-state index in [0.29, 0.717) is 19.1 Å². The molecule has 2 aromatic rings. The lowest BCUT2D eigenvalue weighted by Gasteiger charge is -2.25. The topological polar surface area (TPSA) is 77.0 Å². The molecule has 1 aromatic carbocycles. The first-order valence-corrected chi connectivity index (χ1v) is 8.00. The summed E-state index contributed by atoms with van der Waals surface area (Å²) in [6, 6.07) is 10.9. The summed E-state index contributed by atoms with van der Waals surface area (Å²) < 4.78 is 0.